The number of carbonyl (C=O) groups is 3. The summed E-state index contributed by atoms with van der Waals surface area (Å²) in [4.78, 5) is 54.8. The Morgan fingerprint density at radius 3 is 1.96 bits per heavy atom. The number of nitrogens with zero attached hydrogens (tertiary/aromatic N) is 4. The van der Waals surface area contributed by atoms with Gasteiger partial charge in [0.05, 0.1) is 30.4 Å². The molecule has 0 radical (unpaired) electrons. The normalized spacial score (nSPS) is 12.3. The van der Waals surface area contributed by atoms with E-state index in [1.54, 1.807) is 46.1 Å². The summed E-state index contributed by atoms with van der Waals surface area (Å²) in [5.74, 6) is -1.67. The molecule has 0 unspecified atom stereocenters. The lowest BCUT2D eigenvalue weighted by atomic mass is 9.98. The molecule has 1 N–H and O–H groups in total. The zero-order valence-corrected chi connectivity index (χ0v) is 29.8. The minimum absolute atomic E-state index is 0.0129. The molecule has 0 saturated heterocycles. The number of esters is 2. The molecular formula is C31H52N5O10P. The zero-order chi connectivity index (χ0) is 34.9. The Balaban J connectivity index is 1.88. The highest BCUT2D eigenvalue weighted by atomic mass is 31.2. The van der Waals surface area contributed by atoms with E-state index in [-0.39, 0.29) is 24.4 Å². The lowest BCUT2D eigenvalue weighted by Crippen LogP contribution is -2.25. The third kappa shape index (κ3) is 14.8. The quantitative estimate of drug-likeness (QED) is 0.0508. The average Bonchev–Trinajstić information content (AvgIpc) is 3.42. The van der Waals surface area contributed by atoms with Gasteiger partial charge in [-0.15, -0.1) is 0 Å². The van der Waals surface area contributed by atoms with Crippen LogP contribution in [-0.2, 0) is 48.8 Å². The SMILES string of the molecule is CCCCCCCCCCONC(=O)c1ncnc2c1ncn2CCOCP(=O)(OCOC(=O)C(C)(C)C)OCOC(=O)C(C)(C)C. The lowest BCUT2D eigenvalue weighted by molar-refractivity contribution is -0.162. The highest BCUT2D eigenvalue weighted by molar-refractivity contribution is 7.53. The van der Waals surface area contributed by atoms with Crippen LogP contribution in [0.3, 0.4) is 0 Å². The Bertz CT molecular complexity index is 1290. The summed E-state index contributed by atoms with van der Waals surface area (Å²) in [6.07, 6.45) is 11.5. The second kappa shape index (κ2) is 19.8. The van der Waals surface area contributed by atoms with Gasteiger partial charge in [-0.2, -0.15) is 0 Å². The molecule has 47 heavy (non-hydrogen) atoms. The summed E-state index contributed by atoms with van der Waals surface area (Å²) in [5, 5.41) is 0. The molecule has 0 bridgehead atoms. The first-order chi connectivity index (χ1) is 22.2. The molecule has 0 aliphatic carbocycles. The van der Waals surface area contributed by atoms with Gasteiger partial charge in [0.1, 0.15) is 18.2 Å². The molecule has 0 aromatic carbocycles. The fraction of sp³-hybridized carbons (Fsp3) is 0.742. The van der Waals surface area contributed by atoms with E-state index in [4.69, 9.17) is 28.1 Å². The number of hydroxylamine groups is 1. The molecule has 0 aliphatic rings. The van der Waals surface area contributed by atoms with E-state index in [1.165, 1.54) is 44.8 Å². The molecule has 1 amide bonds. The Kier molecular flexibility index (Phi) is 16.9. The maximum Gasteiger partial charge on any atom is 0.361 e. The molecule has 0 saturated carbocycles. The summed E-state index contributed by atoms with van der Waals surface area (Å²) in [7, 11) is -4.03. The Labute approximate surface area is 277 Å². The van der Waals surface area contributed by atoms with Crippen molar-refractivity contribution in [2.45, 2.75) is 106 Å². The molecule has 2 aromatic rings. The van der Waals surface area contributed by atoms with Gasteiger partial charge in [-0.3, -0.25) is 32.8 Å². The Morgan fingerprint density at radius 2 is 1.38 bits per heavy atom. The van der Waals surface area contributed by atoms with Crippen LogP contribution in [0.5, 0.6) is 0 Å². The number of nitrogens with one attached hydrogen (secondary N) is 1. The van der Waals surface area contributed by atoms with Crippen LogP contribution in [0.25, 0.3) is 11.2 Å². The number of rotatable bonds is 22. The van der Waals surface area contributed by atoms with Gasteiger partial charge in [0.15, 0.2) is 11.3 Å². The van der Waals surface area contributed by atoms with Crippen molar-refractivity contribution in [3.8, 4) is 0 Å². The second-order valence-electron chi connectivity index (χ2n) is 13.1. The molecule has 0 fully saturated rings. The summed E-state index contributed by atoms with van der Waals surface area (Å²) in [6, 6.07) is 0. The van der Waals surface area contributed by atoms with Crippen molar-refractivity contribution in [2.24, 2.45) is 10.8 Å². The van der Waals surface area contributed by atoms with E-state index >= 15 is 0 Å². The second-order valence-corrected chi connectivity index (χ2v) is 15.1. The van der Waals surface area contributed by atoms with Crippen LogP contribution in [0, 0.1) is 10.8 Å². The number of hydrogen-bond acceptors (Lipinski definition) is 13. The molecule has 15 nitrogen and oxygen atoms in total. The van der Waals surface area contributed by atoms with Gasteiger partial charge in [0, 0.05) is 6.54 Å². The number of aromatic nitrogens is 4. The largest absolute Gasteiger partial charge is 0.438 e. The van der Waals surface area contributed by atoms with Crippen LogP contribution in [-0.4, -0.2) is 70.5 Å². The molecular weight excluding hydrogens is 633 g/mol. The van der Waals surface area contributed by atoms with Gasteiger partial charge in [-0.05, 0) is 48.0 Å². The molecule has 2 aromatic heterocycles. The predicted octanol–water partition coefficient (Wildman–Crippen LogP) is 5.92. The number of amides is 1. The van der Waals surface area contributed by atoms with Crippen molar-refractivity contribution >= 4 is 36.6 Å². The molecule has 2 heterocycles. The zero-order valence-electron chi connectivity index (χ0n) is 28.9. The number of carbonyl (C=O) groups excluding carboxylic acids is 3. The highest BCUT2D eigenvalue weighted by Crippen LogP contribution is 2.48. The first kappa shape index (κ1) is 40.2. The summed E-state index contributed by atoms with van der Waals surface area (Å²) in [5.41, 5.74) is 1.55. The minimum Gasteiger partial charge on any atom is -0.438 e. The first-order valence-electron chi connectivity index (χ1n) is 16.1. The fourth-order valence-corrected chi connectivity index (χ4v) is 4.89. The maximum absolute atomic E-state index is 13.3. The van der Waals surface area contributed by atoms with Gasteiger partial charge in [-0.1, -0.05) is 51.9 Å². The van der Waals surface area contributed by atoms with Crippen LogP contribution in [0.2, 0.25) is 0 Å². The monoisotopic (exact) mass is 685 g/mol. The van der Waals surface area contributed by atoms with Crippen molar-refractivity contribution < 1.29 is 47.0 Å². The van der Waals surface area contributed by atoms with Crippen LogP contribution >= 0.6 is 7.60 Å². The van der Waals surface area contributed by atoms with Gasteiger partial charge in [0.25, 0.3) is 5.91 Å². The van der Waals surface area contributed by atoms with E-state index in [0.717, 1.165) is 19.3 Å². The standard InChI is InChI=1S/C31H52N5O10P/c1-8-9-10-11-12-13-14-15-17-44-35-27(37)25-24-26(33-19-32-25)36(20-34-24)16-18-41-23-47(40,45-21-42-28(38)30(2,3)4)46-22-43-29(39)31(5,6)7/h19-20H,8-18,21-23H2,1-7H3,(H,35,37). The van der Waals surface area contributed by atoms with E-state index in [9.17, 15) is 18.9 Å². The fourth-order valence-electron chi connectivity index (χ4n) is 3.89. The van der Waals surface area contributed by atoms with Crippen molar-refractivity contribution in [1.29, 1.82) is 0 Å². The molecule has 0 aliphatic heterocycles. The molecule has 0 atom stereocenters. The Hall–Kier alpha value is -2.97. The average molecular weight is 686 g/mol. The Morgan fingerprint density at radius 1 is 0.809 bits per heavy atom. The first-order valence-corrected chi connectivity index (χ1v) is 17.8. The smallest absolute Gasteiger partial charge is 0.361 e. The summed E-state index contributed by atoms with van der Waals surface area (Å²) >= 11 is 0. The number of fused-ring (bicyclic) bond motifs is 1. The van der Waals surface area contributed by atoms with E-state index < -0.39 is 56.2 Å². The molecule has 2 rings (SSSR count). The third-order valence-electron chi connectivity index (χ3n) is 6.71. The van der Waals surface area contributed by atoms with Crippen molar-refractivity contribution in [2.75, 3.05) is 33.1 Å². The summed E-state index contributed by atoms with van der Waals surface area (Å²) < 4.78 is 41.2. The van der Waals surface area contributed by atoms with E-state index in [1.807, 2.05) is 0 Å². The van der Waals surface area contributed by atoms with Gasteiger partial charge in [0.2, 0.25) is 13.6 Å². The lowest BCUT2D eigenvalue weighted by Gasteiger charge is -2.22. The minimum atomic E-state index is -4.03. The third-order valence-corrected chi connectivity index (χ3v) is 8.21. The van der Waals surface area contributed by atoms with Gasteiger partial charge in [-0.25, -0.2) is 20.4 Å². The summed E-state index contributed by atoms with van der Waals surface area (Å²) in [6.45, 7) is 11.5. The van der Waals surface area contributed by atoms with Crippen LogP contribution in [0.1, 0.15) is 110 Å². The van der Waals surface area contributed by atoms with Crippen molar-refractivity contribution in [3.63, 3.8) is 0 Å². The van der Waals surface area contributed by atoms with Crippen molar-refractivity contribution in [1.82, 2.24) is 25.0 Å². The van der Waals surface area contributed by atoms with Crippen molar-refractivity contribution in [3.05, 3.63) is 18.3 Å². The maximum atomic E-state index is 13.3. The number of ether oxygens (including phenoxy) is 3. The highest BCUT2D eigenvalue weighted by Gasteiger charge is 2.30. The van der Waals surface area contributed by atoms with E-state index in [2.05, 4.69) is 27.4 Å². The number of unbranched alkanes of at least 4 members (excludes halogenated alkanes) is 7. The van der Waals surface area contributed by atoms with E-state index in [0.29, 0.717) is 12.3 Å². The van der Waals surface area contributed by atoms with Gasteiger partial charge >= 0.3 is 19.5 Å². The number of hydrogen-bond donors (Lipinski definition) is 1. The van der Waals surface area contributed by atoms with Crippen LogP contribution < -0.4 is 5.48 Å². The van der Waals surface area contributed by atoms with Crippen LogP contribution in [0.4, 0.5) is 0 Å². The predicted molar refractivity (Wildman–Crippen MR) is 173 cm³/mol. The molecule has 16 heteroatoms. The topological polar surface area (TPSA) is 179 Å². The molecule has 266 valence electrons. The van der Waals surface area contributed by atoms with Crippen LogP contribution in [0.15, 0.2) is 12.7 Å². The molecule has 0 spiro atoms. The van der Waals surface area contributed by atoms with Gasteiger partial charge < -0.3 is 18.8 Å². The number of imidazole rings is 1.